The van der Waals surface area contributed by atoms with E-state index < -0.39 is 16.9 Å². The Kier molecular flexibility index (Phi) is 12.9. The topological polar surface area (TPSA) is 162 Å². The molecule has 0 bridgehead atoms. The van der Waals surface area contributed by atoms with Crippen LogP contribution < -0.4 is 24.3 Å². The summed E-state index contributed by atoms with van der Waals surface area (Å²) >= 11 is 1.63. The fourth-order valence-corrected chi connectivity index (χ4v) is 7.91. The van der Waals surface area contributed by atoms with Crippen LogP contribution in [0.5, 0.6) is 23.0 Å². The number of likely N-dealkylation sites (tertiary alicyclic amines) is 1. The van der Waals surface area contributed by atoms with E-state index in [1.807, 2.05) is 13.8 Å². The number of anilines is 1. The number of ether oxygens (including phenoxy) is 5. The molecule has 3 aliphatic heterocycles. The molecule has 2 aromatic rings. The van der Waals surface area contributed by atoms with E-state index in [-0.39, 0.29) is 52.8 Å². The van der Waals surface area contributed by atoms with E-state index in [1.54, 1.807) is 33.7 Å². The van der Waals surface area contributed by atoms with Crippen molar-refractivity contribution in [2.75, 3.05) is 64.7 Å². The molecule has 15 heteroatoms. The van der Waals surface area contributed by atoms with E-state index in [1.165, 1.54) is 26.4 Å². The molecule has 0 aromatic heterocycles. The van der Waals surface area contributed by atoms with Crippen LogP contribution in [0.1, 0.15) is 73.1 Å². The molecule has 50 heavy (non-hydrogen) atoms. The second-order valence-electron chi connectivity index (χ2n) is 12.5. The summed E-state index contributed by atoms with van der Waals surface area (Å²) in [4.78, 5) is 41.9. The van der Waals surface area contributed by atoms with Crippen molar-refractivity contribution >= 4 is 35.0 Å². The normalized spacial score (nSPS) is 20.4. The molecule has 0 spiro atoms. The molecule has 2 fully saturated rings. The van der Waals surface area contributed by atoms with Crippen LogP contribution in [0.4, 0.5) is 11.4 Å². The van der Waals surface area contributed by atoms with Gasteiger partial charge in [-0.3, -0.25) is 19.7 Å². The molecule has 4 atom stereocenters. The number of unbranched alkanes of at least 4 members (excludes halogenated alkanes) is 2. The monoisotopic (exact) mass is 716 g/mol. The lowest BCUT2D eigenvalue weighted by Crippen LogP contribution is -2.43. The highest BCUT2D eigenvalue weighted by Gasteiger charge is 2.39. The Morgan fingerprint density at radius 1 is 1.06 bits per heavy atom. The number of fused-ring (bicyclic) bond motifs is 2. The van der Waals surface area contributed by atoms with Crippen molar-refractivity contribution < 1.29 is 43.3 Å². The minimum absolute atomic E-state index is 0.0352. The molecule has 5 rings (SSSR count). The Balaban J connectivity index is 1.16. The number of aliphatic hydroxyl groups excluding tert-OH is 1. The zero-order valence-electron chi connectivity index (χ0n) is 29.2. The number of hydrogen-bond acceptors (Lipinski definition) is 12. The molecule has 274 valence electrons. The van der Waals surface area contributed by atoms with E-state index in [4.69, 9.17) is 23.7 Å². The van der Waals surface area contributed by atoms with Gasteiger partial charge in [0, 0.05) is 38.4 Å². The Morgan fingerprint density at radius 2 is 1.76 bits per heavy atom. The fraction of sp³-hybridized carbons (Fsp3) is 0.600. The number of nitro groups is 1. The summed E-state index contributed by atoms with van der Waals surface area (Å²) in [7, 11) is 2.97. The number of nitrogens with one attached hydrogen (secondary N) is 1. The van der Waals surface area contributed by atoms with Gasteiger partial charge in [-0.2, -0.15) is 0 Å². The third-order valence-electron chi connectivity index (χ3n) is 9.26. The van der Waals surface area contributed by atoms with E-state index in [9.17, 15) is 24.8 Å². The number of benzene rings is 2. The van der Waals surface area contributed by atoms with Gasteiger partial charge in [-0.1, -0.05) is 6.92 Å². The first kappa shape index (κ1) is 37.3. The van der Waals surface area contributed by atoms with Gasteiger partial charge in [-0.25, -0.2) is 0 Å². The number of carbonyl (C=O) groups is 2. The first-order valence-electron chi connectivity index (χ1n) is 17.3. The number of amides is 2. The zero-order chi connectivity index (χ0) is 35.8. The highest BCUT2D eigenvalue weighted by molar-refractivity contribution is 7.99. The van der Waals surface area contributed by atoms with Gasteiger partial charge in [0.1, 0.15) is 11.0 Å². The molecule has 2 saturated heterocycles. The molecule has 2 N–H and O–H groups in total. The number of hydrogen-bond donors (Lipinski definition) is 2. The van der Waals surface area contributed by atoms with E-state index in [0.717, 1.165) is 25.0 Å². The number of carbonyl (C=O) groups excluding carboxylic acids is 2. The van der Waals surface area contributed by atoms with Gasteiger partial charge in [0.05, 0.1) is 67.9 Å². The minimum Gasteiger partial charge on any atom is -0.493 e. The van der Waals surface area contributed by atoms with Gasteiger partial charge >= 0.3 is 0 Å². The maximum atomic E-state index is 13.7. The van der Waals surface area contributed by atoms with Gasteiger partial charge in [-0.05, 0) is 57.3 Å². The van der Waals surface area contributed by atoms with Crippen molar-refractivity contribution in [3.8, 4) is 23.0 Å². The Morgan fingerprint density at radius 3 is 2.42 bits per heavy atom. The van der Waals surface area contributed by atoms with Crippen LogP contribution >= 0.6 is 11.8 Å². The standard InChI is InChI=1S/C35H48N4O10S/c1-5-47-35(50-6-2)27-11-10-12-37(27)34(42)25-17-30(46-4)32(19-28(25)39(43)44)49-14-9-7-8-13-48-31-18-26-24(16-29(31)45-3)33(41)38-21-23(40)15-22(38)20-36-26/h16-19,22-23,27,35-36,40H,5-15,20-21H2,1-4H3/t22-,23+,27?,35?/m0/s1. The minimum atomic E-state index is -0.557. The van der Waals surface area contributed by atoms with Crippen LogP contribution in [0.3, 0.4) is 0 Å². The SMILES string of the molecule is CCOC(SCC)C1CCCN1C(=O)c1cc(OC)c(OCCCCCOc2cc3c(cc2OC)C(=O)N2C[C@H](O)C[C@H]2CN3)cc1[N+](=O)[O-]. The highest BCUT2D eigenvalue weighted by Crippen LogP contribution is 2.39. The van der Waals surface area contributed by atoms with Crippen molar-refractivity contribution in [3.05, 3.63) is 45.5 Å². The predicted molar refractivity (Wildman–Crippen MR) is 189 cm³/mol. The molecule has 2 unspecified atom stereocenters. The number of aliphatic hydroxyl groups is 1. The van der Waals surface area contributed by atoms with Crippen molar-refractivity contribution in [3.63, 3.8) is 0 Å². The lowest BCUT2D eigenvalue weighted by molar-refractivity contribution is -0.385. The summed E-state index contributed by atoms with van der Waals surface area (Å²) in [6.45, 7) is 6.50. The lowest BCUT2D eigenvalue weighted by Gasteiger charge is -2.31. The predicted octanol–water partition coefficient (Wildman–Crippen LogP) is 4.96. The summed E-state index contributed by atoms with van der Waals surface area (Å²) in [5.41, 5.74) is 0.589. The molecular weight excluding hydrogens is 668 g/mol. The molecule has 0 radical (unpaired) electrons. The van der Waals surface area contributed by atoms with Crippen LogP contribution in [0.15, 0.2) is 24.3 Å². The average Bonchev–Trinajstić information content (AvgIpc) is 3.73. The summed E-state index contributed by atoms with van der Waals surface area (Å²) in [6.07, 6.45) is 3.68. The van der Waals surface area contributed by atoms with Crippen LogP contribution in [-0.2, 0) is 4.74 Å². The maximum Gasteiger partial charge on any atom is 0.286 e. The molecule has 0 aliphatic carbocycles. The summed E-state index contributed by atoms with van der Waals surface area (Å²) in [6, 6.07) is 5.90. The van der Waals surface area contributed by atoms with E-state index in [0.29, 0.717) is 74.9 Å². The quantitative estimate of drug-likeness (QED) is 0.0981. The third kappa shape index (κ3) is 8.32. The number of thioether (sulfide) groups is 1. The lowest BCUT2D eigenvalue weighted by atomic mass is 10.1. The summed E-state index contributed by atoms with van der Waals surface area (Å²) in [5, 5.41) is 25.5. The van der Waals surface area contributed by atoms with Gasteiger partial charge < -0.3 is 43.9 Å². The van der Waals surface area contributed by atoms with Crippen LogP contribution in [0, 0.1) is 10.1 Å². The molecule has 2 amide bonds. The molecule has 3 aliphatic rings. The highest BCUT2D eigenvalue weighted by atomic mass is 32.2. The fourth-order valence-electron chi connectivity index (χ4n) is 6.84. The smallest absolute Gasteiger partial charge is 0.286 e. The second-order valence-corrected chi connectivity index (χ2v) is 13.8. The molecule has 0 saturated carbocycles. The molecule has 3 heterocycles. The van der Waals surface area contributed by atoms with Crippen LogP contribution in [-0.4, -0.2) is 115 Å². The van der Waals surface area contributed by atoms with Crippen molar-refractivity contribution in [2.45, 2.75) is 76.0 Å². The second kappa shape index (κ2) is 17.3. The molecule has 2 aromatic carbocycles. The van der Waals surface area contributed by atoms with Gasteiger partial charge in [0.15, 0.2) is 23.0 Å². The van der Waals surface area contributed by atoms with Crippen molar-refractivity contribution in [1.29, 1.82) is 0 Å². The summed E-state index contributed by atoms with van der Waals surface area (Å²) < 4.78 is 28.9. The van der Waals surface area contributed by atoms with Crippen molar-refractivity contribution in [1.82, 2.24) is 9.80 Å². The summed E-state index contributed by atoms with van der Waals surface area (Å²) in [5.74, 6) is 1.69. The molecule has 14 nitrogen and oxygen atoms in total. The largest absolute Gasteiger partial charge is 0.493 e. The average molecular weight is 717 g/mol. The van der Waals surface area contributed by atoms with Crippen LogP contribution in [0.25, 0.3) is 0 Å². The first-order chi connectivity index (χ1) is 24.2. The van der Waals surface area contributed by atoms with E-state index >= 15 is 0 Å². The number of rotatable bonds is 17. The number of methoxy groups -OCH3 is 2. The number of nitrogens with zero attached hydrogens (tertiary/aromatic N) is 3. The van der Waals surface area contributed by atoms with Crippen molar-refractivity contribution in [2.24, 2.45) is 0 Å². The third-order valence-corrected chi connectivity index (χ3v) is 10.4. The van der Waals surface area contributed by atoms with Gasteiger partial charge in [-0.15, -0.1) is 11.8 Å². The number of nitro benzene ring substituents is 1. The van der Waals surface area contributed by atoms with Gasteiger partial charge in [0.2, 0.25) is 0 Å². The first-order valence-corrected chi connectivity index (χ1v) is 18.4. The Bertz CT molecular complexity index is 1520. The van der Waals surface area contributed by atoms with E-state index in [2.05, 4.69) is 5.32 Å². The van der Waals surface area contributed by atoms with Gasteiger partial charge in [0.25, 0.3) is 17.5 Å². The molecular formula is C35H48N4O10S. The Labute approximate surface area is 296 Å². The van der Waals surface area contributed by atoms with Crippen LogP contribution in [0.2, 0.25) is 0 Å². The Hall–Kier alpha value is -3.95. The zero-order valence-corrected chi connectivity index (χ0v) is 30.0. The maximum absolute atomic E-state index is 13.7.